The number of halogens is 2. The molecule has 0 heterocycles. The van der Waals surface area contributed by atoms with E-state index in [1.54, 1.807) is 0 Å². The zero-order valence-electron chi connectivity index (χ0n) is 7.19. The van der Waals surface area contributed by atoms with Gasteiger partial charge in [0.2, 0.25) is 0 Å². The molecule has 0 spiro atoms. The van der Waals surface area contributed by atoms with E-state index in [1.165, 1.54) is 11.1 Å². The van der Waals surface area contributed by atoms with Crippen LogP contribution in [0.25, 0.3) is 0 Å². The third-order valence-corrected chi connectivity index (χ3v) is 4.03. The van der Waals surface area contributed by atoms with Crippen LogP contribution in [0.4, 0.5) is 0 Å². The summed E-state index contributed by atoms with van der Waals surface area (Å²) in [6.45, 7) is 0. The molecule has 1 nitrogen and oxygen atoms in total. The van der Waals surface area contributed by atoms with Gasteiger partial charge >= 0.3 is 0 Å². The smallest absolute Gasteiger partial charge is 0.0542 e. The molecule has 0 aliphatic heterocycles. The van der Waals surface area contributed by atoms with Gasteiger partial charge in [-0.3, -0.25) is 0 Å². The quantitative estimate of drug-likeness (QED) is 0.733. The molecule has 0 unspecified atom stereocenters. The lowest BCUT2D eigenvalue weighted by Gasteiger charge is -2.21. The molecule has 1 aliphatic rings. The summed E-state index contributed by atoms with van der Waals surface area (Å²) in [7, 11) is 0. The molecular formula is C10H11ClIN. The third kappa shape index (κ3) is 2.00. The summed E-state index contributed by atoms with van der Waals surface area (Å²) in [5.41, 5.74) is 8.67. The Labute approximate surface area is 96.8 Å². The van der Waals surface area contributed by atoms with Crippen molar-refractivity contribution in [2.24, 2.45) is 5.73 Å². The first-order valence-corrected chi connectivity index (χ1v) is 5.85. The molecule has 2 N–H and O–H groups in total. The van der Waals surface area contributed by atoms with Gasteiger partial charge in [-0.1, -0.05) is 11.6 Å². The van der Waals surface area contributed by atoms with Gasteiger partial charge in [-0.25, -0.2) is 0 Å². The highest BCUT2D eigenvalue weighted by atomic mass is 127. The fourth-order valence-corrected chi connectivity index (χ4v) is 2.50. The van der Waals surface area contributed by atoms with E-state index in [9.17, 15) is 0 Å². The summed E-state index contributed by atoms with van der Waals surface area (Å²) in [6.07, 6.45) is 3.17. The fourth-order valence-electron chi connectivity index (χ4n) is 1.78. The second kappa shape index (κ2) is 3.75. The van der Waals surface area contributed by atoms with Crippen molar-refractivity contribution < 1.29 is 0 Å². The summed E-state index contributed by atoms with van der Waals surface area (Å²) in [6, 6.07) is 4.59. The zero-order valence-corrected chi connectivity index (χ0v) is 10.1. The van der Waals surface area contributed by atoms with Gasteiger partial charge in [-0.05, 0) is 65.1 Å². The summed E-state index contributed by atoms with van der Waals surface area (Å²) >= 11 is 8.31. The van der Waals surface area contributed by atoms with Crippen molar-refractivity contribution in [3.05, 3.63) is 31.9 Å². The molecule has 0 fully saturated rings. The lowest BCUT2D eigenvalue weighted by molar-refractivity contribution is 0.576. The van der Waals surface area contributed by atoms with Crippen LogP contribution >= 0.6 is 34.2 Å². The number of benzene rings is 1. The van der Waals surface area contributed by atoms with Crippen LogP contribution in [0, 0.1) is 3.57 Å². The Morgan fingerprint density at radius 2 is 2.15 bits per heavy atom. The average molecular weight is 308 g/mol. The Morgan fingerprint density at radius 3 is 2.92 bits per heavy atom. The van der Waals surface area contributed by atoms with Gasteiger partial charge in [0.05, 0.1) is 5.02 Å². The van der Waals surface area contributed by atoms with Crippen LogP contribution in [-0.2, 0) is 12.8 Å². The molecule has 1 atom stereocenters. The van der Waals surface area contributed by atoms with Gasteiger partial charge in [0.1, 0.15) is 0 Å². The minimum absolute atomic E-state index is 0.337. The van der Waals surface area contributed by atoms with Crippen LogP contribution in [0.1, 0.15) is 17.5 Å². The SMILES string of the molecule is N[C@@H]1CCc2cc(Cl)c(I)cc2C1. The van der Waals surface area contributed by atoms with Crippen LogP contribution in [0.15, 0.2) is 12.1 Å². The van der Waals surface area contributed by atoms with Gasteiger partial charge in [-0.15, -0.1) is 0 Å². The topological polar surface area (TPSA) is 26.0 Å². The summed E-state index contributed by atoms with van der Waals surface area (Å²) in [5.74, 6) is 0. The van der Waals surface area contributed by atoms with Gasteiger partial charge < -0.3 is 5.73 Å². The second-order valence-corrected chi connectivity index (χ2v) is 5.11. The fraction of sp³-hybridized carbons (Fsp3) is 0.400. The Hall–Kier alpha value is 0.200. The van der Waals surface area contributed by atoms with Crippen LogP contribution in [0.2, 0.25) is 5.02 Å². The Morgan fingerprint density at radius 1 is 1.38 bits per heavy atom. The first-order valence-electron chi connectivity index (χ1n) is 4.39. The monoisotopic (exact) mass is 307 g/mol. The molecule has 70 valence electrons. The standard InChI is InChI=1S/C10H11ClIN/c11-9-4-6-1-2-8(13)3-7(6)5-10(9)12/h4-5,8H,1-3,13H2/t8-/m1/s1. The Kier molecular flexibility index (Phi) is 2.81. The zero-order chi connectivity index (χ0) is 9.42. The number of rotatable bonds is 0. The van der Waals surface area contributed by atoms with Crippen molar-refractivity contribution in [2.75, 3.05) is 0 Å². The minimum Gasteiger partial charge on any atom is -0.327 e. The Balaban J connectivity index is 2.43. The molecule has 1 aromatic rings. The maximum Gasteiger partial charge on any atom is 0.0542 e. The molecule has 1 aromatic carbocycles. The van der Waals surface area contributed by atoms with Crippen LogP contribution < -0.4 is 5.73 Å². The molecular weight excluding hydrogens is 296 g/mol. The van der Waals surface area contributed by atoms with Crippen molar-refractivity contribution in [1.29, 1.82) is 0 Å². The van der Waals surface area contributed by atoms with Crippen molar-refractivity contribution in [2.45, 2.75) is 25.3 Å². The van der Waals surface area contributed by atoms with E-state index < -0.39 is 0 Å². The number of fused-ring (bicyclic) bond motifs is 1. The molecule has 3 heteroatoms. The van der Waals surface area contributed by atoms with E-state index in [1.807, 2.05) is 0 Å². The van der Waals surface area contributed by atoms with E-state index in [4.69, 9.17) is 17.3 Å². The molecule has 0 saturated carbocycles. The molecule has 0 radical (unpaired) electrons. The van der Waals surface area contributed by atoms with E-state index in [0.717, 1.165) is 27.9 Å². The maximum absolute atomic E-state index is 6.04. The summed E-state index contributed by atoms with van der Waals surface area (Å²) in [5, 5.41) is 0.870. The van der Waals surface area contributed by atoms with E-state index in [0.29, 0.717) is 6.04 Å². The van der Waals surface area contributed by atoms with E-state index in [-0.39, 0.29) is 0 Å². The predicted molar refractivity (Wildman–Crippen MR) is 64.2 cm³/mol. The van der Waals surface area contributed by atoms with E-state index >= 15 is 0 Å². The lowest BCUT2D eigenvalue weighted by Crippen LogP contribution is -2.27. The molecule has 0 aromatic heterocycles. The lowest BCUT2D eigenvalue weighted by atomic mass is 9.89. The highest BCUT2D eigenvalue weighted by Gasteiger charge is 2.16. The normalized spacial score (nSPS) is 21.3. The van der Waals surface area contributed by atoms with Gasteiger partial charge in [0.25, 0.3) is 0 Å². The first-order chi connectivity index (χ1) is 6.16. The summed E-state index contributed by atoms with van der Waals surface area (Å²) < 4.78 is 1.13. The molecule has 0 saturated heterocycles. The maximum atomic E-state index is 6.04. The van der Waals surface area contributed by atoms with Gasteiger partial charge in [-0.2, -0.15) is 0 Å². The summed E-state index contributed by atoms with van der Waals surface area (Å²) in [4.78, 5) is 0. The molecule has 1 aliphatic carbocycles. The largest absolute Gasteiger partial charge is 0.327 e. The van der Waals surface area contributed by atoms with Gasteiger partial charge in [0, 0.05) is 9.61 Å². The second-order valence-electron chi connectivity index (χ2n) is 3.54. The van der Waals surface area contributed by atoms with Crippen molar-refractivity contribution in [3.63, 3.8) is 0 Å². The van der Waals surface area contributed by atoms with Crippen LogP contribution in [-0.4, -0.2) is 6.04 Å². The Bertz CT molecular complexity index is 338. The van der Waals surface area contributed by atoms with Crippen molar-refractivity contribution in [3.8, 4) is 0 Å². The van der Waals surface area contributed by atoms with Gasteiger partial charge in [0.15, 0.2) is 0 Å². The average Bonchev–Trinajstić information content (AvgIpc) is 2.08. The molecule has 13 heavy (non-hydrogen) atoms. The van der Waals surface area contributed by atoms with Crippen LogP contribution in [0.5, 0.6) is 0 Å². The van der Waals surface area contributed by atoms with Crippen LogP contribution in [0.3, 0.4) is 0 Å². The predicted octanol–water partition coefficient (Wildman–Crippen LogP) is 2.76. The number of hydrogen-bond acceptors (Lipinski definition) is 1. The van der Waals surface area contributed by atoms with Crippen molar-refractivity contribution in [1.82, 2.24) is 0 Å². The number of nitrogens with two attached hydrogens (primary N) is 1. The molecule has 2 rings (SSSR count). The minimum atomic E-state index is 0.337. The van der Waals surface area contributed by atoms with Crippen molar-refractivity contribution >= 4 is 34.2 Å². The molecule has 0 bridgehead atoms. The number of aryl methyl sites for hydroxylation is 1. The first kappa shape index (κ1) is 9.74. The van der Waals surface area contributed by atoms with E-state index in [2.05, 4.69) is 34.7 Å². The molecule has 0 amide bonds. The number of hydrogen-bond donors (Lipinski definition) is 1. The highest BCUT2D eigenvalue weighted by Crippen LogP contribution is 2.27. The highest BCUT2D eigenvalue weighted by molar-refractivity contribution is 14.1. The third-order valence-electron chi connectivity index (χ3n) is 2.51.